The van der Waals surface area contributed by atoms with Gasteiger partial charge in [-0.1, -0.05) is 18.6 Å². The van der Waals surface area contributed by atoms with E-state index in [9.17, 15) is 13.2 Å². The molecule has 1 fully saturated rings. The van der Waals surface area contributed by atoms with Crippen molar-refractivity contribution in [3.8, 4) is 0 Å². The number of benzene rings is 1. The molecule has 4 N–H and O–H groups in total. The number of amides is 1. The van der Waals surface area contributed by atoms with Crippen LogP contribution in [0.2, 0.25) is 0 Å². The number of sulfonamides is 1. The summed E-state index contributed by atoms with van der Waals surface area (Å²) in [5.41, 5.74) is 1.67. The van der Waals surface area contributed by atoms with E-state index in [2.05, 4.69) is 25.7 Å². The zero-order chi connectivity index (χ0) is 21.1. The average Bonchev–Trinajstić information content (AvgIpc) is 2.66. The van der Waals surface area contributed by atoms with Gasteiger partial charge in [0, 0.05) is 32.2 Å². The van der Waals surface area contributed by atoms with Crippen LogP contribution in [0.25, 0.3) is 0 Å². The molecule has 1 aliphatic rings. The van der Waals surface area contributed by atoms with Gasteiger partial charge in [-0.15, -0.1) is 24.0 Å². The van der Waals surface area contributed by atoms with Crippen LogP contribution in [-0.4, -0.2) is 59.3 Å². The van der Waals surface area contributed by atoms with Crippen LogP contribution in [0.15, 0.2) is 29.3 Å². The summed E-state index contributed by atoms with van der Waals surface area (Å²) in [7, 11) is -1.68. The fraction of sp³-hybridized carbons (Fsp3) is 0.600. The molecule has 1 aromatic carbocycles. The van der Waals surface area contributed by atoms with Gasteiger partial charge in [-0.3, -0.25) is 9.79 Å². The predicted octanol–water partition coefficient (Wildman–Crippen LogP) is 1.48. The Kier molecular flexibility index (Phi) is 12.3. The minimum atomic E-state index is -3.29. The second kappa shape index (κ2) is 13.8. The molecule has 1 aromatic rings. The highest BCUT2D eigenvalue weighted by Crippen LogP contribution is 2.25. The first-order valence-corrected chi connectivity index (χ1v) is 11.9. The molecule has 0 aliphatic heterocycles. The number of rotatable bonds is 11. The highest BCUT2D eigenvalue weighted by Gasteiger charge is 2.19. The van der Waals surface area contributed by atoms with Crippen LogP contribution in [0.1, 0.15) is 42.1 Å². The Morgan fingerprint density at radius 1 is 1.23 bits per heavy atom. The van der Waals surface area contributed by atoms with Crippen LogP contribution < -0.4 is 20.7 Å². The number of hydrogen-bond donors (Lipinski definition) is 4. The number of hydrogen-bond acceptors (Lipinski definition) is 4. The third-order valence-corrected chi connectivity index (χ3v) is 6.24. The van der Waals surface area contributed by atoms with Crippen molar-refractivity contribution < 1.29 is 13.2 Å². The van der Waals surface area contributed by atoms with E-state index in [0.29, 0.717) is 37.1 Å². The molecule has 10 heteroatoms. The topological polar surface area (TPSA) is 112 Å². The van der Waals surface area contributed by atoms with E-state index in [4.69, 9.17) is 0 Å². The van der Waals surface area contributed by atoms with Crippen molar-refractivity contribution in [1.29, 1.82) is 0 Å². The van der Waals surface area contributed by atoms with E-state index in [1.54, 1.807) is 13.1 Å². The summed E-state index contributed by atoms with van der Waals surface area (Å²) >= 11 is 0. The molecule has 0 unspecified atom stereocenters. The third kappa shape index (κ3) is 9.61. The second-order valence-corrected chi connectivity index (χ2v) is 9.11. The van der Waals surface area contributed by atoms with Gasteiger partial charge in [-0.2, -0.15) is 0 Å². The highest BCUT2D eigenvalue weighted by atomic mass is 127. The van der Waals surface area contributed by atoms with E-state index in [-0.39, 0.29) is 42.2 Å². The fourth-order valence-corrected chi connectivity index (χ4v) is 3.94. The molecule has 2 rings (SSSR count). The first-order chi connectivity index (χ1) is 13.9. The van der Waals surface area contributed by atoms with E-state index >= 15 is 0 Å². The Labute approximate surface area is 197 Å². The molecule has 1 aliphatic carbocycles. The Morgan fingerprint density at radius 2 is 2.00 bits per heavy atom. The first kappa shape index (κ1) is 26.6. The molecular formula is C20H34IN5O3S. The van der Waals surface area contributed by atoms with Crippen molar-refractivity contribution in [1.82, 2.24) is 20.7 Å². The van der Waals surface area contributed by atoms with Gasteiger partial charge >= 0.3 is 0 Å². The lowest BCUT2D eigenvalue weighted by Gasteiger charge is -2.25. The number of nitrogens with zero attached hydrogens (tertiary/aromatic N) is 1. The van der Waals surface area contributed by atoms with Crippen LogP contribution in [0.3, 0.4) is 0 Å². The largest absolute Gasteiger partial charge is 0.357 e. The Balaban J connectivity index is 0.00000450. The molecule has 1 saturated carbocycles. The van der Waals surface area contributed by atoms with Crippen molar-refractivity contribution >= 4 is 45.9 Å². The number of carbonyl (C=O) groups is 1. The van der Waals surface area contributed by atoms with Gasteiger partial charge in [-0.25, -0.2) is 13.1 Å². The van der Waals surface area contributed by atoms with Gasteiger partial charge in [0.15, 0.2) is 5.96 Å². The highest BCUT2D eigenvalue weighted by molar-refractivity contribution is 14.0. The number of guanidine groups is 1. The van der Waals surface area contributed by atoms with Crippen LogP contribution >= 0.6 is 24.0 Å². The van der Waals surface area contributed by atoms with Gasteiger partial charge in [0.05, 0.1) is 12.3 Å². The Hall–Kier alpha value is -1.40. The molecule has 0 bridgehead atoms. The number of carbonyl (C=O) groups excluding carboxylic acids is 1. The molecule has 0 heterocycles. The van der Waals surface area contributed by atoms with Crippen molar-refractivity contribution in [3.63, 3.8) is 0 Å². The maximum atomic E-state index is 12.1. The van der Waals surface area contributed by atoms with E-state index in [0.717, 1.165) is 24.8 Å². The SMILES string of the molecule is CCNC(=NCCS(=O)(=O)NCC1CCC1)NCCc1cccc(C(=O)NC)c1.I. The second-order valence-electron chi connectivity index (χ2n) is 7.18. The molecule has 0 saturated heterocycles. The number of halogens is 1. The minimum absolute atomic E-state index is 0. The normalized spacial score (nSPS) is 14.4. The van der Waals surface area contributed by atoms with Crippen molar-refractivity contribution in [2.75, 3.05) is 39.0 Å². The average molecular weight is 551 g/mol. The summed E-state index contributed by atoms with van der Waals surface area (Å²) < 4.78 is 26.8. The molecule has 0 spiro atoms. The zero-order valence-corrected chi connectivity index (χ0v) is 20.9. The summed E-state index contributed by atoms with van der Waals surface area (Å²) in [6.45, 7) is 4.00. The number of nitrogens with one attached hydrogen (secondary N) is 4. The quantitative estimate of drug-likeness (QED) is 0.189. The van der Waals surface area contributed by atoms with Crippen LogP contribution in [0.4, 0.5) is 0 Å². The molecule has 0 atom stereocenters. The van der Waals surface area contributed by atoms with Crippen LogP contribution in [0, 0.1) is 5.92 Å². The van der Waals surface area contributed by atoms with Crippen LogP contribution in [-0.2, 0) is 16.4 Å². The summed E-state index contributed by atoms with van der Waals surface area (Å²) in [4.78, 5) is 16.1. The molecule has 0 aromatic heterocycles. The predicted molar refractivity (Wildman–Crippen MR) is 132 cm³/mol. The fourth-order valence-electron chi connectivity index (χ4n) is 2.97. The van der Waals surface area contributed by atoms with E-state index < -0.39 is 10.0 Å². The summed E-state index contributed by atoms with van der Waals surface area (Å²) in [5, 5.41) is 8.95. The molecule has 8 nitrogen and oxygen atoms in total. The zero-order valence-electron chi connectivity index (χ0n) is 17.7. The maximum Gasteiger partial charge on any atom is 0.251 e. The maximum absolute atomic E-state index is 12.1. The van der Waals surface area contributed by atoms with Gasteiger partial charge in [0.2, 0.25) is 10.0 Å². The molecule has 0 radical (unpaired) electrons. The molecular weight excluding hydrogens is 517 g/mol. The van der Waals surface area contributed by atoms with Crippen molar-refractivity contribution in [3.05, 3.63) is 35.4 Å². The monoisotopic (exact) mass is 551 g/mol. The van der Waals surface area contributed by atoms with E-state index in [1.165, 1.54) is 6.42 Å². The van der Waals surface area contributed by atoms with Gasteiger partial charge in [0.25, 0.3) is 5.91 Å². The number of aliphatic imine (C=N–C) groups is 1. The van der Waals surface area contributed by atoms with Crippen molar-refractivity contribution in [2.24, 2.45) is 10.9 Å². The van der Waals surface area contributed by atoms with Gasteiger partial charge < -0.3 is 16.0 Å². The Bertz CT molecular complexity index is 797. The third-order valence-electron chi connectivity index (χ3n) is 4.91. The van der Waals surface area contributed by atoms with E-state index in [1.807, 2.05) is 25.1 Å². The summed E-state index contributed by atoms with van der Waals surface area (Å²) in [6, 6.07) is 7.48. The minimum Gasteiger partial charge on any atom is -0.357 e. The lowest BCUT2D eigenvalue weighted by molar-refractivity contribution is 0.0963. The molecule has 170 valence electrons. The summed E-state index contributed by atoms with van der Waals surface area (Å²) in [5.74, 6) is 0.949. The van der Waals surface area contributed by atoms with Gasteiger partial charge in [0.1, 0.15) is 0 Å². The smallest absolute Gasteiger partial charge is 0.251 e. The Morgan fingerprint density at radius 3 is 2.63 bits per heavy atom. The lowest BCUT2D eigenvalue weighted by atomic mass is 9.86. The lowest BCUT2D eigenvalue weighted by Crippen LogP contribution is -2.39. The standard InChI is InChI=1S/C20H33N5O3S.HI/c1-3-22-20(24-12-13-29(27,28)25-15-17-7-4-8-17)23-11-10-16-6-5-9-18(14-16)19(26)21-2;/h5-6,9,14,17,25H,3-4,7-8,10-13,15H2,1-2H3,(H,21,26)(H2,22,23,24);1H. The first-order valence-electron chi connectivity index (χ1n) is 10.2. The van der Waals surface area contributed by atoms with Gasteiger partial charge in [-0.05, 0) is 49.8 Å². The molecule has 1 amide bonds. The molecule has 30 heavy (non-hydrogen) atoms. The van der Waals surface area contributed by atoms with Crippen molar-refractivity contribution in [2.45, 2.75) is 32.6 Å². The summed E-state index contributed by atoms with van der Waals surface area (Å²) in [6.07, 6.45) is 4.14. The van der Waals surface area contributed by atoms with Crippen LogP contribution in [0.5, 0.6) is 0 Å².